The minimum Gasteiger partial charge on any atom is -0.822 e. The molecular weight excluding hydrogens is 1940 g/mol. The number of hydrogen-bond donors (Lipinski definition) is 12. The molecule has 0 aromatic rings. The summed E-state index contributed by atoms with van der Waals surface area (Å²) in [7, 11) is -32.3. The number of phosphoric acid groups is 6. The van der Waals surface area contributed by atoms with E-state index in [2.05, 4.69) is 218 Å². The third-order valence-corrected chi connectivity index (χ3v) is 0. The summed E-state index contributed by atoms with van der Waals surface area (Å²) in [4.78, 5) is 206. The molecule has 0 saturated carbocycles. The fraction of sp³-hybridized carbons (Fsp3) is 0. The van der Waals surface area contributed by atoms with Crippen LogP contribution in [0.1, 0.15) is 0 Å². The Hall–Kier alpha value is 0.382. The normalized spacial score (nSPS) is 7.73. The van der Waals surface area contributed by atoms with Gasteiger partial charge in [-0.1, -0.05) is 25.9 Å². The summed E-state index contributed by atoms with van der Waals surface area (Å²) in [6, 6.07) is 0. The quantitative estimate of drug-likeness (QED) is 0.0464. The summed E-state index contributed by atoms with van der Waals surface area (Å²) in [6.45, 7) is 0. The summed E-state index contributed by atoms with van der Waals surface area (Å²) in [5.41, 5.74) is 51.4. The summed E-state index contributed by atoms with van der Waals surface area (Å²) in [6.07, 6.45) is -9.50. The van der Waals surface area contributed by atoms with Gasteiger partial charge in [0.15, 0.2) is 0 Å². The van der Waals surface area contributed by atoms with Crippen LogP contribution in [-0.2, 0) is 208 Å². The number of carbonyl (C=O) groups is 6. The van der Waals surface area contributed by atoms with Crippen LogP contribution in [0.15, 0.2) is 0 Å². The molecule has 0 rings (SSSR count). The number of primary amides is 6. The molecular formula is C12H24Mo5N12O36P6S12. The van der Waals surface area contributed by atoms with Crippen LogP contribution in [0.5, 0.6) is 0 Å². The van der Waals surface area contributed by atoms with E-state index in [1.807, 2.05) is 0 Å². The minimum absolute atomic E-state index is 0. The first-order chi connectivity index (χ1) is 32.8. The van der Waals surface area contributed by atoms with E-state index >= 15 is 0 Å². The summed E-state index contributed by atoms with van der Waals surface area (Å²) in [5.74, 6) is 0. The van der Waals surface area contributed by atoms with E-state index in [9.17, 15) is 0 Å². The van der Waals surface area contributed by atoms with Crippen LogP contribution in [-0.4, -0.2) is 62.5 Å². The van der Waals surface area contributed by atoms with Crippen molar-refractivity contribution in [3.63, 3.8) is 0 Å². The molecule has 71 heteroatoms. The number of nitrogens with two attached hydrogens (primary N) is 12. The standard InChI is InChI=1S/6CH3NO2.6CH3NS2.5Mo.6H3O4P/c12*2-1(3)4;;;;;;6*1-5(2,3)4/h6*2H2,(H,3,4);6*(H3,2,3,4);;;;;;6*(H3,1,2,3,4)/q;;;;;;;;;;;;5*+6;;;;;;/p-30. The predicted molar refractivity (Wildman–Crippen MR) is 248 cm³/mol. The maximum Gasteiger partial charge on any atom is 6.00 e. The molecule has 24 N–H and O–H groups in total. The fourth-order valence-corrected chi connectivity index (χ4v) is 0. The van der Waals surface area contributed by atoms with Gasteiger partial charge in [0.25, 0.3) is 0 Å². The van der Waals surface area contributed by atoms with Crippen molar-refractivity contribution in [3.05, 3.63) is 0 Å². The van der Waals surface area contributed by atoms with Gasteiger partial charge < -0.3 is 393 Å². The molecule has 0 unspecified atom stereocenters. The third kappa shape index (κ3) is 3660000. The monoisotopic (exact) mass is 1970 g/mol. The van der Waals surface area contributed by atoms with Crippen molar-refractivity contribution in [2.75, 3.05) is 0 Å². The Bertz CT molecular complexity index is 1420. The van der Waals surface area contributed by atoms with E-state index in [0.717, 1.165) is 0 Å². The maximum atomic E-state index is 8.67. The molecule has 83 heavy (non-hydrogen) atoms. The van der Waals surface area contributed by atoms with E-state index in [1.165, 1.54) is 0 Å². The smallest absolute Gasteiger partial charge is 0.822 e. The van der Waals surface area contributed by atoms with Gasteiger partial charge in [-0.2, -0.15) is 46.9 Å². The predicted octanol–water partition coefficient (Wildman–Crippen LogP) is -28.6. The van der Waals surface area contributed by atoms with E-state index in [4.69, 9.17) is 175 Å². The van der Waals surface area contributed by atoms with E-state index in [-0.39, 0.29) is 131 Å². The Morgan fingerprint density at radius 3 is 0.217 bits per heavy atom. The summed E-state index contributed by atoms with van der Waals surface area (Å²) >= 11 is 49.6. The zero-order chi connectivity index (χ0) is 69.9. The molecule has 6 amide bonds. The molecule has 0 heterocycles. The Kier molecular flexibility index (Phi) is 195. The van der Waals surface area contributed by atoms with Crippen LogP contribution < -0.4 is 188 Å². The second-order valence-electron chi connectivity index (χ2n) is 6.51. The molecule has 0 saturated heterocycles. The Balaban J connectivity index is -0.0000000218. The Labute approximate surface area is 600 Å². The van der Waals surface area contributed by atoms with Crippen molar-refractivity contribution in [2.45, 2.75) is 0 Å². The van der Waals surface area contributed by atoms with Crippen LogP contribution in [0.25, 0.3) is 0 Å². The second-order valence-corrected chi connectivity index (χ2v) is 18.7. The molecule has 0 aliphatic carbocycles. The first-order valence-corrected chi connectivity index (χ1v) is 26.4. The molecule has 480 valence electrons. The number of rotatable bonds is 0. The number of hydrogen-bond acceptors (Lipinski definition) is 48. The summed E-state index contributed by atoms with van der Waals surface area (Å²) in [5, 5.41) is 52.0. The number of carbonyl (C=O) groups excluding carboxylic acids is 6. The van der Waals surface area contributed by atoms with Crippen molar-refractivity contribution >= 4 is 258 Å². The molecule has 0 fully saturated rings. The van der Waals surface area contributed by atoms with Crippen molar-refractivity contribution in [3.8, 4) is 0 Å². The van der Waals surface area contributed by atoms with Crippen LogP contribution in [0.4, 0.5) is 28.8 Å². The first-order valence-electron chi connectivity index (χ1n) is 12.7. The average Bonchev–Trinajstić information content (AvgIpc) is 2.87. The molecule has 0 bridgehead atoms. The Morgan fingerprint density at radius 1 is 0.217 bits per heavy atom. The number of amides is 6. The molecule has 48 nitrogen and oxygen atoms in total. The minimum atomic E-state index is -5.39. The van der Waals surface area contributed by atoms with Crippen LogP contribution in [0.2, 0.25) is 0 Å². The first kappa shape index (κ1) is 155. The topological polar surface area (TPSA) is 1070 Å². The van der Waals surface area contributed by atoms with Gasteiger partial charge in [0, 0.05) is 0 Å². The zero-order valence-electron chi connectivity index (χ0n) is 37.2. The van der Waals surface area contributed by atoms with Crippen molar-refractivity contribution in [2.24, 2.45) is 68.8 Å². The van der Waals surface area contributed by atoms with Gasteiger partial charge in [-0.3, -0.25) is 0 Å². The van der Waals surface area contributed by atoms with Crippen LogP contribution >= 0.6 is 120 Å². The van der Waals surface area contributed by atoms with Crippen molar-refractivity contribution in [1.29, 1.82) is 0 Å². The average molecular weight is 1960 g/mol. The molecule has 0 radical (unpaired) electrons. The van der Waals surface area contributed by atoms with E-state index in [1.54, 1.807) is 0 Å². The molecule has 0 atom stereocenters. The SMILES string of the molecule is NC(=O)[O-].NC(=O)[O-].NC(=O)[O-].NC(=O)[O-].NC(=O)[O-].NC(=O)[O-].NC(=S)[S-].NC(=S)[S-].NC(=S)[S-].NC(=S)[S-].NC(=S)[S-].NC(=S)[S-].O=P([O-])([O-])[O-].O=P([O-])([O-])[O-].O=P([O-])([O-])[O-].O=P([O-])([O-])[O-].O=P([O-])([O-])[O-].O=P([O-])([O-])[O-].[Mo+6].[Mo+6].[Mo+6].[Mo+6].[Mo+6]. The number of carboxylic acid groups (broad SMARTS) is 6. The van der Waals surface area contributed by atoms with Gasteiger partial charge >= 0.3 is 105 Å². The van der Waals surface area contributed by atoms with Crippen molar-refractivity contribution < 1.29 is 280 Å². The zero-order valence-corrected chi connectivity index (χ0v) is 62.4. The number of thiocarbonyl (C=S) groups is 6. The van der Waals surface area contributed by atoms with Gasteiger partial charge in [-0.05, 0) is 0 Å². The Morgan fingerprint density at radius 2 is 0.217 bits per heavy atom. The second kappa shape index (κ2) is 104. The summed E-state index contributed by atoms with van der Waals surface area (Å²) < 4.78 is 51.8. The van der Waals surface area contributed by atoms with Gasteiger partial charge in [-0.25, -0.2) is 0 Å². The fourth-order valence-electron chi connectivity index (χ4n) is 0. The van der Waals surface area contributed by atoms with Gasteiger partial charge in [0.05, 0.1) is 0 Å². The largest absolute Gasteiger partial charge is 6.00 e. The van der Waals surface area contributed by atoms with Crippen molar-refractivity contribution in [1.82, 2.24) is 0 Å². The molecule has 0 spiro atoms. The molecule has 0 aliphatic heterocycles. The van der Waals surface area contributed by atoms with Gasteiger partial charge in [0.1, 0.15) is 36.6 Å². The van der Waals surface area contributed by atoms with Gasteiger partial charge in [-0.15, -0.1) is 0 Å². The molecule has 0 aromatic heterocycles. The van der Waals surface area contributed by atoms with E-state index in [0.29, 0.717) is 0 Å². The maximum absolute atomic E-state index is 8.67. The van der Waals surface area contributed by atoms with E-state index < -0.39 is 83.5 Å². The third-order valence-electron chi connectivity index (χ3n) is 0. The van der Waals surface area contributed by atoms with Crippen LogP contribution in [0, 0.1) is 0 Å². The van der Waals surface area contributed by atoms with Crippen LogP contribution in [0.3, 0.4) is 0 Å². The molecule has 0 aromatic carbocycles. The van der Waals surface area contributed by atoms with Gasteiger partial charge in [0.2, 0.25) is 0 Å². The molecule has 0 aliphatic rings.